The summed E-state index contributed by atoms with van der Waals surface area (Å²) in [5, 5.41) is 24.6. The van der Waals surface area contributed by atoms with E-state index in [-0.39, 0.29) is 18.6 Å². The number of carboxylic acids is 2. The topological polar surface area (TPSA) is 252 Å². The van der Waals surface area contributed by atoms with Gasteiger partial charge in [-0.3, -0.25) is 28.5 Å². The van der Waals surface area contributed by atoms with E-state index >= 15 is 0 Å². The Hall–Kier alpha value is -3.41. The van der Waals surface area contributed by atoms with Gasteiger partial charge in [-0.25, -0.2) is 0 Å². The second-order valence-corrected chi connectivity index (χ2v) is 9.59. The summed E-state index contributed by atoms with van der Waals surface area (Å²) in [5.74, 6) is -4.99. The molecule has 206 valence electrons. The average Bonchev–Trinajstić information content (AvgIpc) is 2.79. The highest BCUT2D eigenvalue weighted by atomic mass is 32.3. The van der Waals surface area contributed by atoms with Crippen LogP contribution >= 0.6 is 11.8 Å². The van der Waals surface area contributed by atoms with Crippen LogP contribution in [0.4, 0.5) is 0 Å². The highest BCUT2D eigenvalue weighted by Gasteiger charge is 2.29. The number of nitrogens with one attached hydrogen (secondary N) is 3. The van der Waals surface area contributed by atoms with Gasteiger partial charge in [-0.05, 0) is 36.1 Å². The molecule has 0 aliphatic heterocycles. The Kier molecular flexibility index (Phi) is 12.8. The SMILES string of the molecule is CSCCC(NC(=O)C(Cc1ccc(OS(=O)(=O)O)cc1)NC(=O)C(N)CC(=O)O)C(=O)NCC(=O)O. The standard InChI is InChI=1S/C20H28N4O11S2/c1-36-7-6-14(19(30)22-10-17(27)28)23-20(31)15(24-18(29)13(21)9-16(25)26)8-11-2-4-12(5-3-11)35-37(32,33)34/h2-5,13-15H,6-10,21H2,1H3,(H,22,30)(H,23,31)(H,24,29)(H,25,26)(H,27,28)(H,32,33,34). The van der Waals surface area contributed by atoms with Gasteiger partial charge < -0.3 is 36.1 Å². The number of hydrogen-bond acceptors (Lipinski definition) is 10. The molecule has 0 fully saturated rings. The monoisotopic (exact) mass is 564 g/mol. The molecular weight excluding hydrogens is 536 g/mol. The number of amides is 3. The predicted molar refractivity (Wildman–Crippen MR) is 130 cm³/mol. The third kappa shape index (κ3) is 12.9. The maximum absolute atomic E-state index is 13.1. The van der Waals surface area contributed by atoms with E-state index < -0.39 is 71.2 Å². The number of carbonyl (C=O) groups is 5. The first-order valence-electron chi connectivity index (χ1n) is 10.5. The van der Waals surface area contributed by atoms with Gasteiger partial charge in [0.1, 0.15) is 24.4 Å². The Balaban J connectivity index is 3.12. The zero-order chi connectivity index (χ0) is 28.2. The molecule has 3 unspecified atom stereocenters. The minimum Gasteiger partial charge on any atom is -0.481 e. The Labute approximate surface area is 216 Å². The molecule has 8 N–H and O–H groups in total. The first-order valence-corrected chi connectivity index (χ1v) is 13.3. The molecule has 0 saturated heterocycles. The third-order valence-corrected chi connectivity index (χ3v) is 5.63. The number of benzene rings is 1. The molecular formula is C20H28N4O11S2. The Morgan fingerprint density at radius 1 is 0.973 bits per heavy atom. The summed E-state index contributed by atoms with van der Waals surface area (Å²) >= 11 is 1.37. The van der Waals surface area contributed by atoms with Crippen molar-refractivity contribution in [2.75, 3.05) is 18.6 Å². The molecule has 0 aromatic heterocycles. The lowest BCUT2D eigenvalue weighted by Crippen LogP contribution is -2.57. The second-order valence-electron chi connectivity index (χ2n) is 7.58. The van der Waals surface area contributed by atoms with Gasteiger partial charge >= 0.3 is 22.3 Å². The smallest absolute Gasteiger partial charge is 0.446 e. The van der Waals surface area contributed by atoms with E-state index in [2.05, 4.69) is 20.1 Å². The maximum atomic E-state index is 13.1. The molecule has 37 heavy (non-hydrogen) atoms. The van der Waals surface area contributed by atoms with Crippen molar-refractivity contribution in [3.8, 4) is 5.75 Å². The van der Waals surface area contributed by atoms with E-state index in [0.29, 0.717) is 11.3 Å². The van der Waals surface area contributed by atoms with E-state index in [9.17, 15) is 32.4 Å². The zero-order valence-electron chi connectivity index (χ0n) is 19.6. The normalized spacial score (nSPS) is 13.5. The minimum absolute atomic E-state index is 0.138. The van der Waals surface area contributed by atoms with Crippen molar-refractivity contribution in [2.45, 2.75) is 37.4 Å². The molecule has 0 aliphatic carbocycles. The van der Waals surface area contributed by atoms with Gasteiger partial charge in [-0.2, -0.15) is 20.2 Å². The summed E-state index contributed by atoms with van der Waals surface area (Å²) < 4.78 is 34.8. The van der Waals surface area contributed by atoms with Crippen LogP contribution < -0.4 is 25.9 Å². The summed E-state index contributed by atoms with van der Waals surface area (Å²) in [5.41, 5.74) is 5.96. The van der Waals surface area contributed by atoms with Gasteiger partial charge in [0, 0.05) is 6.42 Å². The molecule has 3 amide bonds. The molecule has 0 bridgehead atoms. The number of carbonyl (C=O) groups excluding carboxylic acids is 3. The molecule has 0 aliphatic rings. The van der Waals surface area contributed by atoms with Crippen LogP contribution in [0.1, 0.15) is 18.4 Å². The quantitative estimate of drug-likeness (QED) is 0.109. The predicted octanol–water partition coefficient (Wildman–Crippen LogP) is -1.86. The first kappa shape index (κ1) is 31.6. The van der Waals surface area contributed by atoms with Gasteiger partial charge in [0.15, 0.2) is 0 Å². The van der Waals surface area contributed by atoms with Crippen molar-refractivity contribution < 1.29 is 51.3 Å². The fourth-order valence-electron chi connectivity index (χ4n) is 2.87. The number of nitrogens with two attached hydrogens (primary N) is 1. The van der Waals surface area contributed by atoms with E-state index in [1.165, 1.54) is 36.0 Å². The van der Waals surface area contributed by atoms with Crippen molar-refractivity contribution >= 4 is 51.8 Å². The van der Waals surface area contributed by atoms with Crippen LogP contribution in [-0.4, -0.2) is 89.5 Å². The van der Waals surface area contributed by atoms with Crippen LogP contribution in [0.3, 0.4) is 0 Å². The van der Waals surface area contributed by atoms with Gasteiger partial charge in [0.25, 0.3) is 0 Å². The number of hydrogen-bond donors (Lipinski definition) is 7. The third-order valence-electron chi connectivity index (χ3n) is 4.59. The van der Waals surface area contributed by atoms with Crippen molar-refractivity contribution in [2.24, 2.45) is 5.73 Å². The van der Waals surface area contributed by atoms with Crippen molar-refractivity contribution in [3.05, 3.63) is 29.8 Å². The zero-order valence-corrected chi connectivity index (χ0v) is 21.2. The number of rotatable bonds is 16. The number of thioether (sulfide) groups is 1. The molecule has 15 nitrogen and oxygen atoms in total. The summed E-state index contributed by atoms with van der Waals surface area (Å²) in [6.07, 6.45) is 0.987. The van der Waals surface area contributed by atoms with Crippen LogP contribution in [0, 0.1) is 0 Å². The highest BCUT2D eigenvalue weighted by Crippen LogP contribution is 2.15. The van der Waals surface area contributed by atoms with E-state index in [1.807, 2.05) is 0 Å². The van der Waals surface area contributed by atoms with Gasteiger partial charge in [-0.15, -0.1) is 0 Å². The van der Waals surface area contributed by atoms with Crippen LogP contribution in [0.25, 0.3) is 0 Å². The summed E-state index contributed by atoms with van der Waals surface area (Å²) in [6.45, 7) is -0.674. The highest BCUT2D eigenvalue weighted by molar-refractivity contribution is 7.98. The summed E-state index contributed by atoms with van der Waals surface area (Å²) in [4.78, 5) is 59.6. The fraction of sp³-hybridized carbons (Fsp3) is 0.450. The number of carboxylic acid groups (broad SMARTS) is 2. The number of aliphatic carboxylic acids is 2. The molecule has 0 heterocycles. The lowest BCUT2D eigenvalue weighted by molar-refractivity contribution is -0.139. The van der Waals surface area contributed by atoms with Crippen LogP contribution in [-0.2, 0) is 40.8 Å². The summed E-state index contributed by atoms with van der Waals surface area (Å²) in [7, 11) is -4.76. The molecule has 1 rings (SSSR count). The Morgan fingerprint density at radius 2 is 1.57 bits per heavy atom. The first-order chi connectivity index (χ1) is 17.2. The Morgan fingerprint density at radius 3 is 2.08 bits per heavy atom. The van der Waals surface area contributed by atoms with E-state index in [0.717, 1.165) is 0 Å². The largest absolute Gasteiger partial charge is 0.481 e. The van der Waals surface area contributed by atoms with Crippen molar-refractivity contribution in [3.63, 3.8) is 0 Å². The fourth-order valence-corrected chi connectivity index (χ4v) is 3.70. The molecule has 0 spiro atoms. The lowest BCUT2D eigenvalue weighted by atomic mass is 10.0. The molecule has 17 heteroatoms. The Bertz CT molecular complexity index is 1080. The lowest BCUT2D eigenvalue weighted by Gasteiger charge is -2.24. The van der Waals surface area contributed by atoms with Crippen molar-refractivity contribution in [1.29, 1.82) is 0 Å². The average molecular weight is 565 g/mol. The molecule has 3 atom stereocenters. The second kappa shape index (κ2) is 15.0. The minimum atomic E-state index is -4.76. The van der Waals surface area contributed by atoms with Gasteiger partial charge in [0.2, 0.25) is 17.7 Å². The van der Waals surface area contributed by atoms with Gasteiger partial charge in [-0.1, -0.05) is 12.1 Å². The maximum Gasteiger partial charge on any atom is 0.446 e. The van der Waals surface area contributed by atoms with Crippen LogP contribution in [0.5, 0.6) is 5.75 Å². The van der Waals surface area contributed by atoms with Crippen LogP contribution in [0.2, 0.25) is 0 Å². The summed E-state index contributed by atoms with van der Waals surface area (Å²) in [6, 6.07) is 1.06. The van der Waals surface area contributed by atoms with E-state index in [1.54, 1.807) is 6.26 Å². The van der Waals surface area contributed by atoms with Crippen molar-refractivity contribution in [1.82, 2.24) is 16.0 Å². The molecule has 1 aromatic rings. The molecule has 0 saturated carbocycles. The molecule has 1 aromatic carbocycles. The van der Waals surface area contributed by atoms with E-state index in [4.69, 9.17) is 20.5 Å². The molecule has 0 radical (unpaired) electrons. The van der Waals surface area contributed by atoms with Crippen LogP contribution in [0.15, 0.2) is 24.3 Å². The van der Waals surface area contributed by atoms with Gasteiger partial charge in [0.05, 0.1) is 12.5 Å².